The molecule has 16 nitrogen and oxygen atoms in total. The van der Waals surface area contributed by atoms with Crippen LogP contribution in [0.25, 0.3) is 21.8 Å². The van der Waals surface area contributed by atoms with Gasteiger partial charge in [0.1, 0.15) is 29.9 Å². The van der Waals surface area contributed by atoms with Crippen molar-refractivity contribution < 1.29 is 34.2 Å². The molecular weight excluding hydrogens is 775 g/mol. The highest BCUT2D eigenvalue weighted by atomic mass is 32.2. The Bertz CT molecular complexity index is 2380. The minimum absolute atomic E-state index is 0.00504. The predicted molar refractivity (Wildman–Crippen MR) is 224 cm³/mol. The Morgan fingerprint density at radius 2 is 1.20 bits per heavy atom. The van der Waals surface area contributed by atoms with Gasteiger partial charge in [-0.05, 0) is 65.8 Å². The summed E-state index contributed by atoms with van der Waals surface area (Å²) in [6, 6.07) is 15.2. The largest absolute Gasteiger partial charge is 0.508 e. The third kappa shape index (κ3) is 11.1. The van der Waals surface area contributed by atoms with Crippen molar-refractivity contribution in [2.75, 3.05) is 12.0 Å². The number of rotatable bonds is 20. The van der Waals surface area contributed by atoms with Gasteiger partial charge in [-0.15, -0.1) is 0 Å². The van der Waals surface area contributed by atoms with Gasteiger partial charge in [0.05, 0.1) is 12.4 Å². The number of phenols is 1. The van der Waals surface area contributed by atoms with E-state index in [4.69, 9.17) is 5.73 Å². The topological polar surface area (TPSA) is 260 Å². The summed E-state index contributed by atoms with van der Waals surface area (Å²) in [5, 5.41) is 32.4. The van der Waals surface area contributed by atoms with E-state index in [1.54, 1.807) is 24.5 Å². The van der Waals surface area contributed by atoms with E-state index in [2.05, 4.69) is 41.2 Å². The SMILES string of the molecule is CSCC[C@H](NC(=O)[C@H](Cc1cnc[nH]1)NC(=O)[C@H](Cc1c[nH]c2ccccc12)NC(=O)[C@@H](N)Cc1ccc(O)cc1)C(=O)N[C@@H](Cc1c[nH]c2ccccc12)C(=O)O. The van der Waals surface area contributed by atoms with Gasteiger partial charge in [0, 0.05) is 65.4 Å². The first-order chi connectivity index (χ1) is 28.5. The number of carboxylic acid groups (broad SMARTS) is 1. The van der Waals surface area contributed by atoms with Gasteiger partial charge in [0.2, 0.25) is 23.6 Å². The van der Waals surface area contributed by atoms with Gasteiger partial charge in [-0.25, -0.2) is 9.78 Å². The molecule has 0 saturated heterocycles. The number of fused-ring (bicyclic) bond motifs is 2. The maximum absolute atomic E-state index is 14.3. The molecule has 0 spiro atoms. The van der Waals surface area contributed by atoms with Crippen molar-refractivity contribution in [3.63, 3.8) is 0 Å². The highest BCUT2D eigenvalue weighted by Gasteiger charge is 2.33. The molecule has 0 saturated carbocycles. The molecule has 5 atom stereocenters. The molecule has 0 aliphatic rings. The number of amides is 4. The molecule has 59 heavy (non-hydrogen) atoms. The van der Waals surface area contributed by atoms with E-state index in [1.807, 2.05) is 54.8 Å². The van der Waals surface area contributed by atoms with Crippen molar-refractivity contribution in [2.45, 2.75) is 62.3 Å². The number of aromatic nitrogens is 4. The Morgan fingerprint density at radius 1 is 0.678 bits per heavy atom. The van der Waals surface area contributed by atoms with Crippen LogP contribution in [0.2, 0.25) is 0 Å². The third-order valence-corrected chi connectivity index (χ3v) is 10.7. The first-order valence-electron chi connectivity index (χ1n) is 19.0. The summed E-state index contributed by atoms with van der Waals surface area (Å²) in [4.78, 5) is 81.5. The predicted octanol–water partition coefficient (Wildman–Crippen LogP) is 2.45. The summed E-state index contributed by atoms with van der Waals surface area (Å²) in [6.45, 7) is 0. The highest BCUT2D eigenvalue weighted by Crippen LogP contribution is 2.21. The van der Waals surface area contributed by atoms with Gasteiger partial charge in [-0.1, -0.05) is 48.5 Å². The highest BCUT2D eigenvalue weighted by molar-refractivity contribution is 7.98. The Kier molecular flexibility index (Phi) is 14.0. The van der Waals surface area contributed by atoms with Crippen LogP contribution in [-0.2, 0) is 49.7 Å². The van der Waals surface area contributed by atoms with E-state index in [9.17, 15) is 34.2 Å². The van der Waals surface area contributed by atoms with Crippen LogP contribution >= 0.6 is 11.8 Å². The number of aromatic amines is 3. The molecule has 0 fully saturated rings. The second-order valence-corrected chi connectivity index (χ2v) is 15.2. The van der Waals surface area contributed by atoms with Crippen LogP contribution in [0.4, 0.5) is 0 Å². The molecule has 4 amide bonds. The van der Waals surface area contributed by atoms with Crippen LogP contribution in [0.3, 0.4) is 0 Å². The normalized spacial score (nSPS) is 13.9. The number of aromatic hydroxyl groups is 1. The molecular formula is C42H47N9O7S. The molecule has 308 valence electrons. The van der Waals surface area contributed by atoms with Crippen molar-refractivity contribution in [1.82, 2.24) is 41.2 Å². The van der Waals surface area contributed by atoms with Gasteiger partial charge in [0.15, 0.2) is 0 Å². The van der Waals surface area contributed by atoms with Crippen molar-refractivity contribution in [3.8, 4) is 5.75 Å². The van der Waals surface area contributed by atoms with E-state index in [-0.39, 0.29) is 37.9 Å². The van der Waals surface area contributed by atoms with Gasteiger partial charge in [-0.3, -0.25) is 19.2 Å². The quantitative estimate of drug-likeness (QED) is 0.0538. The van der Waals surface area contributed by atoms with Gasteiger partial charge in [0.25, 0.3) is 0 Å². The van der Waals surface area contributed by atoms with Crippen LogP contribution in [0.5, 0.6) is 5.75 Å². The van der Waals surface area contributed by atoms with Gasteiger partial charge >= 0.3 is 5.97 Å². The summed E-state index contributed by atoms with van der Waals surface area (Å²) in [7, 11) is 0. The number of thioether (sulfide) groups is 1. The number of imidazole rings is 1. The van der Waals surface area contributed by atoms with Crippen molar-refractivity contribution in [3.05, 3.63) is 120 Å². The van der Waals surface area contributed by atoms with Crippen LogP contribution in [0.15, 0.2) is 97.7 Å². The van der Waals surface area contributed by atoms with Crippen LogP contribution < -0.4 is 27.0 Å². The average molecular weight is 822 g/mol. The molecule has 3 heterocycles. The second kappa shape index (κ2) is 19.7. The number of phenolic OH excluding ortho intramolecular Hbond substituents is 1. The van der Waals surface area contributed by atoms with E-state index in [0.29, 0.717) is 22.6 Å². The lowest BCUT2D eigenvalue weighted by molar-refractivity contribution is -0.142. The van der Waals surface area contributed by atoms with Crippen LogP contribution in [0, 0.1) is 0 Å². The number of aliphatic carboxylic acids is 1. The van der Waals surface area contributed by atoms with Crippen molar-refractivity contribution >= 4 is 63.2 Å². The number of benzene rings is 3. The Morgan fingerprint density at radius 3 is 1.78 bits per heavy atom. The molecule has 0 unspecified atom stereocenters. The standard InChI is InChI=1S/C42H47N9O7S/c1-59-15-14-34(39(54)51-37(42(57)58)18-26-21-46-33-9-5-3-7-30(26)33)48-41(56)36(19-27-22-44-23-47-27)50-40(55)35(17-25-20-45-32-8-4-2-6-29(25)32)49-38(53)31(43)16-24-10-12-28(52)13-11-24/h2-13,20-23,31,34-37,45-46,52H,14-19,43H2,1H3,(H,44,47)(H,48,56)(H,49,53)(H,50,55)(H,51,54)(H,57,58)/t31-,34-,35-,36-,37-/m0/s1. The molecule has 6 aromatic rings. The van der Waals surface area contributed by atoms with Crippen molar-refractivity contribution in [1.29, 1.82) is 0 Å². The van der Waals surface area contributed by atoms with Crippen LogP contribution in [0.1, 0.15) is 28.8 Å². The monoisotopic (exact) mass is 821 g/mol. The number of nitrogens with two attached hydrogens (primary N) is 1. The summed E-state index contributed by atoms with van der Waals surface area (Å²) >= 11 is 1.44. The summed E-state index contributed by atoms with van der Waals surface area (Å²) in [5.74, 6) is -3.42. The minimum atomic E-state index is -1.30. The number of carboxylic acids is 1. The number of H-pyrrole nitrogens is 3. The zero-order chi connectivity index (χ0) is 41.9. The zero-order valence-corrected chi connectivity index (χ0v) is 33.1. The number of nitrogens with one attached hydrogen (secondary N) is 7. The number of carbonyl (C=O) groups excluding carboxylic acids is 4. The lowest BCUT2D eigenvalue weighted by Crippen LogP contribution is -2.59. The fraction of sp³-hybridized carbons (Fsp3) is 0.286. The van der Waals surface area contributed by atoms with E-state index >= 15 is 0 Å². The number of nitrogens with zero attached hydrogens (tertiary/aromatic N) is 1. The molecule has 0 radical (unpaired) electrons. The third-order valence-electron chi connectivity index (χ3n) is 10.0. The number of hydrogen-bond acceptors (Lipinski definition) is 9. The number of hydrogen-bond donors (Lipinski definition) is 10. The van der Waals surface area contributed by atoms with E-state index in [0.717, 1.165) is 27.4 Å². The maximum Gasteiger partial charge on any atom is 0.326 e. The summed E-state index contributed by atoms with van der Waals surface area (Å²) in [6.07, 6.45) is 8.50. The molecule has 0 bridgehead atoms. The molecule has 0 aliphatic carbocycles. The molecule has 11 N–H and O–H groups in total. The molecule has 0 aliphatic heterocycles. The maximum atomic E-state index is 14.3. The minimum Gasteiger partial charge on any atom is -0.508 e. The van der Waals surface area contributed by atoms with E-state index < -0.39 is 59.8 Å². The Hall–Kier alpha value is -6.59. The smallest absolute Gasteiger partial charge is 0.326 e. The lowest BCUT2D eigenvalue weighted by Gasteiger charge is -2.26. The molecule has 6 rings (SSSR count). The average Bonchev–Trinajstić information content (AvgIpc) is 4.00. The fourth-order valence-corrected chi connectivity index (χ4v) is 7.33. The molecule has 3 aromatic heterocycles. The summed E-state index contributed by atoms with van der Waals surface area (Å²) < 4.78 is 0. The van der Waals surface area contributed by atoms with Gasteiger partial charge in [-0.2, -0.15) is 11.8 Å². The summed E-state index contributed by atoms with van der Waals surface area (Å²) in [5.41, 5.74) is 10.6. The number of carbonyl (C=O) groups is 5. The Labute approximate surface area is 343 Å². The number of para-hydroxylation sites is 2. The Balaban J connectivity index is 1.21. The zero-order valence-electron chi connectivity index (χ0n) is 32.2. The lowest BCUT2D eigenvalue weighted by atomic mass is 10.0. The van der Waals surface area contributed by atoms with Crippen LogP contribution in [-0.4, -0.2) is 102 Å². The molecule has 3 aromatic carbocycles. The van der Waals surface area contributed by atoms with E-state index in [1.165, 1.54) is 36.4 Å². The first kappa shape index (κ1) is 42.0. The second-order valence-electron chi connectivity index (χ2n) is 14.2. The fourth-order valence-electron chi connectivity index (χ4n) is 6.85. The first-order valence-corrected chi connectivity index (χ1v) is 20.4. The van der Waals surface area contributed by atoms with Crippen molar-refractivity contribution in [2.24, 2.45) is 5.73 Å². The van der Waals surface area contributed by atoms with Gasteiger partial charge < -0.3 is 52.2 Å². The molecule has 17 heteroatoms.